The van der Waals surface area contributed by atoms with Gasteiger partial charge in [-0.2, -0.15) is 0 Å². The normalized spacial score (nSPS) is 14.5. The van der Waals surface area contributed by atoms with E-state index in [1.807, 2.05) is 36.4 Å². The third-order valence-corrected chi connectivity index (χ3v) is 5.02. The molecule has 0 amide bonds. The van der Waals surface area contributed by atoms with Crippen LogP contribution >= 0.6 is 31.9 Å². The van der Waals surface area contributed by atoms with E-state index in [4.69, 9.17) is 5.11 Å². The first kappa shape index (κ1) is 12.5. The first-order valence-electron chi connectivity index (χ1n) is 4.96. The molecule has 2 atom stereocenters. The predicted octanol–water partition coefficient (Wildman–Crippen LogP) is 3.52. The van der Waals surface area contributed by atoms with E-state index in [0.717, 1.165) is 10.9 Å². The molecule has 2 aromatic rings. The number of aromatic nitrogens is 1. The van der Waals surface area contributed by atoms with Crippen LogP contribution in [0.4, 0.5) is 0 Å². The SMILES string of the molecule is O=C(O)C(Br)C(Br)c1ccc2ccccc2n1. The average molecular weight is 359 g/mol. The minimum Gasteiger partial charge on any atom is -0.480 e. The topological polar surface area (TPSA) is 50.2 Å². The molecule has 2 rings (SSSR count). The molecule has 3 nitrogen and oxygen atoms in total. The van der Waals surface area contributed by atoms with Gasteiger partial charge in [-0.25, -0.2) is 0 Å². The van der Waals surface area contributed by atoms with E-state index in [2.05, 4.69) is 36.8 Å². The molecular formula is C12H9Br2NO2. The molecule has 88 valence electrons. The van der Waals surface area contributed by atoms with Crippen LogP contribution in [0.1, 0.15) is 10.5 Å². The third kappa shape index (κ3) is 2.66. The molecule has 1 aromatic heterocycles. The summed E-state index contributed by atoms with van der Waals surface area (Å²) >= 11 is 6.47. The van der Waals surface area contributed by atoms with E-state index in [1.165, 1.54) is 0 Å². The molecule has 0 aliphatic heterocycles. The molecule has 1 aromatic carbocycles. The Bertz CT molecular complexity index is 559. The summed E-state index contributed by atoms with van der Waals surface area (Å²) in [7, 11) is 0. The number of alkyl halides is 2. The second-order valence-corrected chi connectivity index (χ2v) is 5.54. The lowest BCUT2D eigenvalue weighted by Crippen LogP contribution is -2.18. The van der Waals surface area contributed by atoms with Crippen molar-refractivity contribution in [1.29, 1.82) is 0 Å². The lowest BCUT2D eigenvalue weighted by atomic mass is 10.1. The van der Waals surface area contributed by atoms with Gasteiger partial charge < -0.3 is 5.11 Å². The number of halogens is 2. The molecule has 0 saturated heterocycles. The number of hydrogen-bond acceptors (Lipinski definition) is 2. The second kappa shape index (κ2) is 5.14. The molecule has 17 heavy (non-hydrogen) atoms. The van der Waals surface area contributed by atoms with Crippen LogP contribution in [-0.4, -0.2) is 20.9 Å². The van der Waals surface area contributed by atoms with Crippen LogP contribution in [0.5, 0.6) is 0 Å². The number of rotatable bonds is 3. The van der Waals surface area contributed by atoms with E-state index in [-0.39, 0.29) is 4.83 Å². The van der Waals surface area contributed by atoms with E-state index in [9.17, 15) is 4.79 Å². The predicted molar refractivity (Wildman–Crippen MR) is 73.8 cm³/mol. The average Bonchev–Trinajstić information content (AvgIpc) is 2.36. The Kier molecular flexibility index (Phi) is 3.79. The van der Waals surface area contributed by atoms with Crippen molar-refractivity contribution in [3.05, 3.63) is 42.1 Å². The summed E-state index contributed by atoms with van der Waals surface area (Å²) in [4.78, 5) is 14.3. The second-order valence-electron chi connectivity index (χ2n) is 3.57. The molecule has 0 spiro atoms. The van der Waals surface area contributed by atoms with Gasteiger partial charge in [0.15, 0.2) is 0 Å². The first-order valence-corrected chi connectivity index (χ1v) is 6.79. The quantitative estimate of drug-likeness (QED) is 0.854. The lowest BCUT2D eigenvalue weighted by molar-refractivity contribution is -0.136. The van der Waals surface area contributed by atoms with Crippen molar-refractivity contribution < 1.29 is 9.90 Å². The molecule has 1 heterocycles. The van der Waals surface area contributed by atoms with E-state index in [0.29, 0.717) is 5.69 Å². The van der Waals surface area contributed by atoms with Crippen LogP contribution < -0.4 is 0 Å². The van der Waals surface area contributed by atoms with Gasteiger partial charge in [-0.1, -0.05) is 56.1 Å². The van der Waals surface area contributed by atoms with Gasteiger partial charge in [-0.15, -0.1) is 0 Å². The molecule has 0 bridgehead atoms. The van der Waals surface area contributed by atoms with Gasteiger partial charge in [-0.05, 0) is 12.1 Å². The summed E-state index contributed by atoms with van der Waals surface area (Å²) < 4.78 is 0. The highest BCUT2D eigenvalue weighted by Gasteiger charge is 2.25. The third-order valence-electron chi connectivity index (χ3n) is 2.40. The highest BCUT2D eigenvalue weighted by atomic mass is 79.9. The summed E-state index contributed by atoms with van der Waals surface area (Å²) in [6, 6.07) is 11.5. The smallest absolute Gasteiger partial charge is 0.318 e. The van der Waals surface area contributed by atoms with Crippen molar-refractivity contribution in [1.82, 2.24) is 4.98 Å². The van der Waals surface area contributed by atoms with Crippen molar-refractivity contribution in [2.75, 3.05) is 0 Å². The number of para-hydroxylation sites is 1. The van der Waals surface area contributed by atoms with Gasteiger partial charge in [0.2, 0.25) is 0 Å². The van der Waals surface area contributed by atoms with Crippen molar-refractivity contribution in [2.45, 2.75) is 9.65 Å². The van der Waals surface area contributed by atoms with Crippen molar-refractivity contribution >= 4 is 48.7 Å². The molecular weight excluding hydrogens is 350 g/mol. The number of benzene rings is 1. The minimum absolute atomic E-state index is 0.357. The van der Waals surface area contributed by atoms with Gasteiger partial charge in [0.1, 0.15) is 4.83 Å². The minimum atomic E-state index is -0.915. The molecule has 0 aliphatic rings. The number of aliphatic carboxylic acids is 1. The number of nitrogens with zero attached hydrogens (tertiary/aromatic N) is 1. The molecule has 1 N–H and O–H groups in total. The summed E-state index contributed by atoms with van der Waals surface area (Å²) in [5.74, 6) is -0.915. The molecule has 0 radical (unpaired) electrons. The summed E-state index contributed by atoms with van der Waals surface area (Å²) in [5.41, 5.74) is 1.56. The van der Waals surface area contributed by atoms with Crippen LogP contribution in [-0.2, 0) is 4.79 Å². The standard InChI is InChI=1S/C12H9Br2NO2/c13-10(11(14)12(16)17)9-6-5-7-3-1-2-4-8(7)15-9/h1-6,10-11H,(H,16,17). The van der Waals surface area contributed by atoms with Crippen molar-refractivity contribution in [3.63, 3.8) is 0 Å². The van der Waals surface area contributed by atoms with Gasteiger partial charge in [0.25, 0.3) is 0 Å². The fourth-order valence-electron chi connectivity index (χ4n) is 1.51. The number of hydrogen-bond donors (Lipinski definition) is 1. The number of carboxylic acid groups (broad SMARTS) is 1. The lowest BCUT2D eigenvalue weighted by Gasteiger charge is -2.12. The highest BCUT2D eigenvalue weighted by molar-refractivity contribution is 9.12. The van der Waals surface area contributed by atoms with E-state index < -0.39 is 10.8 Å². The van der Waals surface area contributed by atoms with E-state index >= 15 is 0 Å². The zero-order chi connectivity index (χ0) is 12.4. The Balaban J connectivity index is 2.39. The zero-order valence-electron chi connectivity index (χ0n) is 8.68. The van der Waals surface area contributed by atoms with Gasteiger partial charge in [0.05, 0.1) is 16.0 Å². The zero-order valence-corrected chi connectivity index (χ0v) is 11.8. The summed E-state index contributed by atoms with van der Waals surface area (Å²) in [5, 5.41) is 9.96. The van der Waals surface area contributed by atoms with Crippen LogP contribution in [0.15, 0.2) is 36.4 Å². The Morgan fingerprint density at radius 3 is 2.59 bits per heavy atom. The fourth-order valence-corrected chi connectivity index (χ4v) is 2.26. The Hall–Kier alpha value is -0.940. The number of carboxylic acids is 1. The Morgan fingerprint density at radius 2 is 1.88 bits per heavy atom. The van der Waals surface area contributed by atoms with Crippen LogP contribution in [0.3, 0.4) is 0 Å². The molecule has 0 fully saturated rings. The molecule has 2 unspecified atom stereocenters. The molecule has 0 aliphatic carbocycles. The highest BCUT2D eigenvalue weighted by Crippen LogP contribution is 2.31. The first-order chi connectivity index (χ1) is 8.09. The molecule has 0 saturated carbocycles. The van der Waals surface area contributed by atoms with Crippen LogP contribution in [0.2, 0.25) is 0 Å². The maximum Gasteiger partial charge on any atom is 0.318 e. The molecule has 5 heteroatoms. The van der Waals surface area contributed by atoms with Crippen LogP contribution in [0, 0.1) is 0 Å². The van der Waals surface area contributed by atoms with Crippen LogP contribution in [0.25, 0.3) is 10.9 Å². The Morgan fingerprint density at radius 1 is 1.18 bits per heavy atom. The summed E-state index contributed by atoms with van der Waals surface area (Å²) in [6.45, 7) is 0. The maximum absolute atomic E-state index is 10.9. The summed E-state index contributed by atoms with van der Waals surface area (Å²) in [6.07, 6.45) is 0. The largest absolute Gasteiger partial charge is 0.480 e. The maximum atomic E-state index is 10.9. The van der Waals surface area contributed by atoms with Gasteiger partial charge >= 0.3 is 5.97 Å². The van der Waals surface area contributed by atoms with Crippen molar-refractivity contribution in [3.8, 4) is 0 Å². The number of carbonyl (C=O) groups is 1. The van der Waals surface area contributed by atoms with Crippen molar-refractivity contribution in [2.24, 2.45) is 0 Å². The fraction of sp³-hybridized carbons (Fsp3) is 0.167. The van der Waals surface area contributed by atoms with Gasteiger partial charge in [0, 0.05) is 5.39 Å². The Labute approximate surface area is 115 Å². The number of pyridine rings is 1. The monoisotopic (exact) mass is 357 g/mol. The van der Waals surface area contributed by atoms with E-state index in [1.54, 1.807) is 0 Å². The van der Waals surface area contributed by atoms with Gasteiger partial charge in [-0.3, -0.25) is 9.78 Å². The number of fused-ring (bicyclic) bond motifs is 1.